The van der Waals surface area contributed by atoms with Gasteiger partial charge in [0.2, 0.25) is 5.91 Å². The molecule has 0 bridgehead atoms. The Bertz CT molecular complexity index is 1110. The maximum atomic E-state index is 13.6. The van der Waals surface area contributed by atoms with E-state index in [9.17, 15) is 4.79 Å². The second kappa shape index (κ2) is 9.10. The van der Waals surface area contributed by atoms with Gasteiger partial charge in [-0.05, 0) is 30.5 Å². The van der Waals surface area contributed by atoms with Gasteiger partial charge in [0.05, 0.1) is 31.3 Å². The number of carbonyl (C=O) groups is 1. The highest BCUT2D eigenvalue weighted by atomic mass is 16.5. The van der Waals surface area contributed by atoms with Gasteiger partial charge < -0.3 is 19.9 Å². The first-order valence-corrected chi connectivity index (χ1v) is 11.4. The lowest BCUT2D eigenvalue weighted by atomic mass is 9.83. The number of ether oxygens (including phenoxy) is 1. The Morgan fingerprint density at radius 2 is 2.00 bits per heavy atom. The van der Waals surface area contributed by atoms with Crippen molar-refractivity contribution >= 4 is 17.4 Å². The molecule has 1 fully saturated rings. The summed E-state index contributed by atoms with van der Waals surface area (Å²) in [5.41, 5.74) is 3.46. The summed E-state index contributed by atoms with van der Waals surface area (Å²) in [5.74, 6) is 1.61. The van der Waals surface area contributed by atoms with Gasteiger partial charge in [-0.25, -0.2) is 4.98 Å². The van der Waals surface area contributed by atoms with Crippen molar-refractivity contribution in [3.8, 4) is 5.75 Å². The molecule has 2 aliphatic rings. The standard InChI is InChI=1S/C26H29N5O2/c1-18(19-6-4-3-5-7-19)29-26(32)22-14-20-8-9-21(33-2)15-23(20)31-13-12-30(17-24(22)31)25-16-27-10-11-28-25/h3-11,15-16,18,22,24H,12-14,17H2,1-2H3,(H,29,32)/t18-,22+,24-/m1/s1. The maximum absolute atomic E-state index is 13.6. The van der Waals surface area contributed by atoms with Crippen molar-refractivity contribution in [2.45, 2.75) is 25.4 Å². The molecule has 0 radical (unpaired) electrons. The molecule has 1 N–H and O–H groups in total. The van der Waals surface area contributed by atoms with Crippen molar-refractivity contribution in [3.05, 3.63) is 78.2 Å². The van der Waals surface area contributed by atoms with Gasteiger partial charge in [-0.2, -0.15) is 0 Å². The smallest absolute Gasteiger partial charge is 0.226 e. The second-order valence-electron chi connectivity index (χ2n) is 8.72. The predicted octanol–water partition coefficient (Wildman–Crippen LogP) is 3.23. The minimum atomic E-state index is -0.170. The third-order valence-corrected chi connectivity index (χ3v) is 6.79. The third-order valence-electron chi connectivity index (χ3n) is 6.79. The SMILES string of the molecule is COc1ccc2c(c1)N1CCN(c3cnccn3)C[C@@H]1[C@@H](C(=O)N[C@H](C)c1ccccc1)C2. The molecule has 33 heavy (non-hydrogen) atoms. The topological polar surface area (TPSA) is 70.6 Å². The zero-order valence-corrected chi connectivity index (χ0v) is 19.0. The first-order valence-electron chi connectivity index (χ1n) is 11.4. The summed E-state index contributed by atoms with van der Waals surface area (Å²) >= 11 is 0. The van der Waals surface area contributed by atoms with Gasteiger partial charge in [0.1, 0.15) is 11.6 Å². The maximum Gasteiger partial charge on any atom is 0.226 e. The number of nitrogens with one attached hydrogen (secondary N) is 1. The molecule has 1 amide bonds. The second-order valence-corrected chi connectivity index (χ2v) is 8.72. The fraction of sp³-hybridized carbons (Fsp3) is 0.346. The summed E-state index contributed by atoms with van der Waals surface area (Å²) < 4.78 is 5.49. The molecule has 1 saturated heterocycles. The summed E-state index contributed by atoms with van der Waals surface area (Å²) in [7, 11) is 1.69. The van der Waals surface area contributed by atoms with E-state index in [0.29, 0.717) is 13.0 Å². The average Bonchev–Trinajstić information content (AvgIpc) is 2.88. The Morgan fingerprint density at radius 1 is 1.15 bits per heavy atom. The summed E-state index contributed by atoms with van der Waals surface area (Å²) in [4.78, 5) is 27.0. The van der Waals surface area contributed by atoms with Crippen LogP contribution in [-0.2, 0) is 11.2 Å². The van der Waals surface area contributed by atoms with Crippen LogP contribution in [0.2, 0.25) is 0 Å². The third kappa shape index (κ3) is 4.23. The number of hydrogen-bond acceptors (Lipinski definition) is 6. The number of benzene rings is 2. The Morgan fingerprint density at radius 3 is 2.76 bits per heavy atom. The van der Waals surface area contributed by atoms with Crippen molar-refractivity contribution in [2.75, 3.05) is 36.5 Å². The van der Waals surface area contributed by atoms with Gasteiger partial charge in [0.25, 0.3) is 0 Å². The van der Waals surface area contributed by atoms with Crippen molar-refractivity contribution in [2.24, 2.45) is 5.92 Å². The zero-order chi connectivity index (χ0) is 22.8. The van der Waals surface area contributed by atoms with E-state index in [1.165, 1.54) is 11.3 Å². The Hall–Kier alpha value is -3.61. The van der Waals surface area contributed by atoms with E-state index >= 15 is 0 Å². The minimum Gasteiger partial charge on any atom is -0.497 e. The first kappa shape index (κ1) is 21.2. The number of nitrogens with zero attached hydrogens (tertiary/aromatic N) is 4. The van der Waals surface area contributed by atoms with E-state index in [1.807, 2.05) is 31.2 Å². The quantitative estimate of drug-likeness (QED) is 0.653. The van der Waals surface area contributed by atoms with Crippen LogP contribution >= 0.6 is 0 Å². The van der Waals surface area contributed by atoms with Crippen LogP contribution < -0.4 is 19.9 Å². The lowest BCUT2D eigenvalue weighted by Gasteiger charge is -2.49. The number of piperazine rings is 1. The summed E-state index contributed by atoms with van der Waals surface area (Å²) in [6.45, 7) is 4.38. The lowest BCUT2D eigenvalue weighted by Crippen LogP contribution is -2.61. The highest BCUT2D eigenvalue weighted by Gasteiger charge is 2.42. The summed E-state index contributed by atoms with van der Waals surface area (Å²) in [5, 5.41) is 3.27. The normalized spacial score (nSPS) is 20.4. The van der Waals surface area contributed by atoms with Crippen molar-refractivity contribution in [1.82, 2.24) is 15.3 Å². The number of hydrogen-bond donors (Lipinski definition) is 1. The lowest BCUT2D eigenvalue weighted by molar-refractivity contribution is -0.126. The summed E-state index contributed by atoms with van der Waals surface area (Å²) in [6.07, 6.45) is 5.89. The molecule has 3 atom stereocenters. The number of amides is 1. The number of aromatic nitrogens is 2. The monoisotopic (exact) mass is 443 g/mol. The fourth-order valence-corrected chi connectivity index (χ4v) is 5.01. The molecule has 2 aliphatic heterocycles. The van der Waals surface area contributed by atoms with E-state index in [1.54, 1.807) is 25.7 Å². The molecule has 1 aromatic heterocycles. The van der Waals surface area contributed by atoms with Crippen molar-refractivity contribution in [3.63, 3.8) is 0 Å². The molecule has 0 saturated carbocycles. The average molecular weight is 444 g/mol. The van der Waals surface area contributed by atoms with E-state index in [-0.39, 0.29) is 23.9 Å². The van der Waals surface area contributed by atoms with Crippen molar-refractivity contribution < 1.29 is 9.53 Å². The van der Waals surface area contributed by atoms with Gasteiger partial charge in [-0.15, -0.1) is 0 Å². The molecule has 5 rings (SSSR count). The Labute approximate surface area is 194 Å². The molecule has 3 aromatic rings. The minimum absolute atomic E-state index is 0.0309. The molecule has 170 valence electrons. The zero-order valence-electron chi connectivity index (χ0n) is 19.0. The molecular weight excluding hydrogens is 414 g/mol. The van der Waals surface area contributed by atoms with Crippen LogP contribution in [0.4, 0.5) is 11.5 Å². The molecular formula is C26H29N5O2. The highest BCUT2D eigenvalue weighted by Crippen LogP contribution is 2.39. The predicted molar refractivity (Wildman–Crippen MR) is 129 cm³/mol. The van der Waals surface area contributed by atoms with E-state index in [4.69, 9.17) is 4.74 Å². The molecule has 7 heteroatoms. The van der Waals surface area contributed by atoms with Crippen LogP contribution in [0, 0.1) is 5.92 Å². The summed E-state index contributed by atoms with van der Waals surface area (Å²) in [6, 6.07) is 16.3. The Kier molecular flexibility index (Phi) is 5.86. The van der Waals surface area contributed by atoms with Crippen LogP contribution in [0.5, 0.6) is 5.75 Å². The molecule has 0 spiro atoms. The van der Waals surface area contributed by atoms with Crippen LogP contribution in [-0.4, -0.2) is 48.7 Å². The van der Waals surface area contributed by atoms with Gasteiger partial charge in [-0.3, -0.25) is 9.78 Å². The van der Waals surface area contributed by atoms with Crippen LogP contribution in [0.15, 0.2) is 67.1 Å². The van der Waals surface area contributed by atoms with E-state index in [2.05, 4.69) is 49.4 Å². The number of anilines is 2. The molecule has 0 unspecified atom stereocenters. The number of rotatable bonds is 5. The molecule has 3 heterocycles. The highest BCUT2D eigenvalue weighted by molar-refractivity contribution is 5.83. The number of carbonyl (C=O) groups excluding carboxylic acids is 1. The largest absolute Gasteiger partial charge is 0.497 e. The van der Waals surface area contributed by atoms with E-state index in [0.717, 1.165) is 30.2 Å². The van der Waals surface area contributed by atoms with E-state index < -0.39 is 0 Å². The number of methoxy groups -OCH3 is 1. The molecule has 0 aliphatic carbocycles. The van der Waals surface area contributed by atoms with Gasteiger partial charge >= 0.3 is 0 Å². The van der Waals surface area contributed by atoms with Crippen LogP contribution in [0.1, 0.15) is 24.1 Å². The van der Waals surface area contributed by atoms with Gasteiger partial charge in [0.15, 0.2) is 0 Å². The molecule has 2 aromatic carbocycles. The molecule has 7 nitrogen and oxygen atoms in total. The first-order chi connectivity index (χ1) is 16.1. The van der Waals surface area contributed by atoms with Gasteiger partial charge in [-0.1, -0.05) is 36.4 Å². The van der Waals surface area contributed by atoms with Crippen molar-refractivity contribution in [1.29, 1.82) is 0 Å². The van der Waals surface area contributed by atoms with Gasteiger partial charge in [0, 0.05) is 43.8 Å². The fourth-order valence-electron chi connectivity index (χ4n) is 5.01. The van der Waals surface area contributed by atoms with Crippen LogP contribution in [0.25, 0.3) is 0 Å². The number of fused-ring (bicyclic) bond motifs is 3. The Balaban J connectivity index is 1.44. The van der Waals surface area contributed by atoms with Crippen LogP contribution in [0.3, 0.4) is 0 Å².